The quantitative estimate of drug-likeness (QED) is 0.842. The summed E-state index contributed by atoms with van der Waals surface area (Å²) in [5.74, 6) is 1.57. The Bertz CT molecular complexity index is 338. The molecule has 1 saturated carbocycles. The summed E-state index contributed by atoms with van der Waals surface area (Å²) in [4.78, 5) is 15.2. The van der Waals surface area contributed by atoms with E-state index in [1.165, 1.54) is 44.9 Å². The fraction of sp³-hybridized carbons (Fsp3) is 0.941. The topological polar surface area (TPSA) is 32.3 Å². The maximum absolute atomic E-state index is 12.9. The summed E-state index contributed by atoms with van der Waals surface area (Å²) in [5, 5.41) is 3.46. The summed E-state index contributed by atoms with van der Waals surface area (Å²) < 4.78 is 0. The maximum Gasteiger partial charge on any atom is 0.226 e. The van der Waals surface area contributed by atoms with Crippen LogP contribution >= 0.6 is 0 Å². The molecule has 2 heterocycles. The average molecular weight is 278 g/mol. The highest BCUT2D eigenvalue weighted by atomic mass is 16.2. The number of carbonyl (C=O) groups is 1. The first-order chi connectivity index (χ1) is 9.75. The van der Waals surface area contributed by atoms with Gasteiger partial charge in [-0.1, -0.05) is 19.3 Å². The molecule has 3 fully saturated rings. The molecule has 3 atom stereocenters. The average Bonchev–Trinajstić information content (AvgIpc) is 2.97. The third-order valence-corrected chi connectivity index (χ3v) is 5.75. The van der Waals surface area contributed by atoms with Gasteiger partial charge in [0.25, 0.3) is 0 Å². The lowest BCUT2D eigenvalue weighted by molar-refractivity contribution is -0.138. The second-order valence-electron chi connectivity index (χ2n) is 7.22. The number of nitrogens with one attached hydrogen (secondary N) is 1. The van der Waals surface area contributed by atoms with Crippen molar-refractivity contribution in [1.29, 1.82) is 0 Å². The predicted octanol–water partition coefficient (Wildman–Crippen LogP) is 2.95. The Kier molecular flexibility index (Phi) is 4.65. The monoisotopic (exact) mass is 278 g/mol. The molecule has 0 aromatic heterocycles. The SMILES string of the molecule is CC1CC(C(=O)N2CCCC2C2CCCCC2)CCN1. The van der Waals surface area contributed by atoms with Gasteiger partial charge in [0.1, 0.15) is 0 Å². The maximum atomic E-state index is 12.9. The number of hydrogen-bond donors (Lipinski definition) is 1. The predicted molar refractivity (Wildman–Crippen MR) is 81.5 cm³/mol. The van der Waals surface area contributed by atoms with Crippen molar-refractivity contribution >= 4 is 5.91 Å². The number of likely N-dealkylation sites (tertiary alicyclic amines) is 1. The fourth-order valence-electron chi connectivity index (χ4n) is 4.67. The number of amides is 1. The molecule has 3 heteroatoms. The number of piperidine rings is 1. The van der Waals surface area contributed by atoms with Gasteiger partial charge in [0.2, 0.25) is 5.91 Å². The van der Waals surface area contributed by atoms with Crippen LogP contribution in [0.4, 0.5) is 0 Å². The second-order valence-corrected chi connectivity index (χ2v) is 7.22. The molecule has 3 aliphatic rings. The Balaban J connectivity index is 1.63. The highest BCUT2D eigenvalue weighted by Crippen LogP contribution is 2.35. The summed E-state index contributed by atoms with van der Waals surface area (Å²) in [6.45, 7) is 4.25. The van der Waals surface area contributed by atoms with Gasteiger partial charge >= 0.3 is 0 Å². The zero-order chi connectivity index (χ0) is 13.9. The van der Waals surface area contributed by atoms with E-state index in [1.54, 1.807) is 0 Å². The van der Waals surface area contributed by atoms with Gasteiger partial charge in [-0.2, -0.15) is 0 Å². The zero-order valence-electron chi connectivity index (χ0n) is 12.9. The molecule has 0 radical (unpaired) electrons. The van der Waals surface area contributed by atoms with Crippen molar-refractivity contribution in [3.63, 3.8) is 0 Å². The normalized spacial score (nSPS) is 36.2. The van der Waals surface area contributed by atoms with E-state index in [0.29, 0.717) is 18.0 Å². The minimum absolute atomic E-state index is 0.287. The highest BCUT2D eigenvalue weighted by Gasteiger charge is 2.38. The van der Waals surface area contributed by atoms with Gasteiger partial charge in [-0.05, 0) is 57.9 Å². The molecular formula is C17H30N2O. The van der Waals surface area contributed by atoms with Crippen LogP contribution in [0.3, 0.4) is 0 Å². The van der Waals surface area contributed by atoms with Crippen LogP contribution < -0.4 is 5.32 Å². The summed E-state index contributed by atoms with van der Waals surface area (Å²) in [5.41, 5.74) is 0. The smallest absolute Gasteiger partial charge is 0.226 e. The standard InChI is InChI=1S/C17H30N2O/c1-13-12-15(9-10-18-13)17(20)19-11-5-8-16(19)14-6-3-2-4-7-14/h13-16,18H,2-12H2,1H3. The van der Waals surface area contributed by atoms with Gasteiger partial charge in [-0.15, -0.1) is 0 Å². The van der Waals surface area contributed by atoms with Crippen LogP contribution in [0.2, 0.25) is 0 Å². The second kappa shape index (κ2) is 6.46. The number of hydrogen-bond acceptors (Lipinski definition) is 2. The summed E-state index contributed by atoms with van der Waals surface area (Å²) in [6.07, 6.45) is 11.5. The van der Waals surface area contributed by atoms with Crippen LogP contribution in [-0.2, 0) is 4.79 Å². The molecule has 0 bridgehead atoms. The molecule has 0 aromatic carbocycles. The van der Waals surface area contributed by atoms with Gasteiger partial charge in [-0.25, -0.2) is 0 Å². The van der Waals surface area contributed by atoms with Crippen molar-refractivity contribution < 1.29 is 4.79 Å². The molecule has 114 valence electrons. The molecule has 1 N–H and O–H groups in total. The molecule has 3 nitrogen and oxygen atoms in total. The van der Waals surface area contributed by atoms with E-state index in [1.807, 2.05) is 0 Å². The number of carbonyl (C=O) groups excluding carboxylic acids is 1. The first kappa shape index (κ1) is 14.4. The van der Waals surface area contributed by atoms with Crippen LogP contribution in [0.15, 0.2) is 0 Å². The van der Waals surface area contributed by atoms with Crippen molar-refractivity contribution in [2.24, 2.45) is 11.8 Å². The van der Waals surface area contributed by atoms with Crippen LogP contribution in [0.25, 0.3) is 0 Å². The van der Waals surface area contributed by atoms with Crippen LogP contribution in [0, 0.1) is 11.8 Å². The number of nitrogens with zero attached hydrogens (tertiary/aromatic N) is 1. The molecule has 3 rings (SSSR count). The van der Waals surface area contributed by atoms with Crippen molar-refractivity contribution in [2.75, 3.05) is 13.1 Å². The van der Waals surface area contributed by atoms with E-state index in [0.717, 1.165) is 31.8 Å². The summed E-state index contributed by atoms with van der Waals surface area (Å²) >= 11 is 0. The van der Waals surface area contributed by atoms with E-state index >= 15 is 0 Å². The van der Waals surface area contributed by atoms with E-state index < -0.39 is 0 Å². The highest BCUT2D eigenvalue weighted by molar-refractivity contribution is 5.79. The zero-order valence-corrected chi connectivity index (χ0v) is 12.9. The first-order valence-corrected chi connectivity index (χ1v) is 8.79. The van der Waals surface area contributed by atoms with E-state index in [2.05, 4.69) is 17.1 Å². The lowest BCUT2D eigenvalue weighted by Crippen LogP contribution is -2.47. The Morgan fingerprint density at radius 2 is 1.85 bits per heavy atom. The summed E-state index contributed by atoms with van der Waals surface area (Å²) in [6, 6.07) is 1.08. The largest absolute Gasteiger partial charge is 0.339 e. The molecule has 0 aromatic rings. The van der Waals surface area contributed by atoms with Crippen molar-refractivity contribution in [3.05, 3.63) is 0 Å². The third kappa shape index (κ3) is 3.03. The summed E-state index contributed by atoms with van der Waals surface area (Å²) in [7, 11) is 0. The molecular weight excluding hydrogens is 248 g/mol. The molecule has 0 spiro atoms. The lowest BCUT2D eigenvalue weighted by Gasteiger charge is -2.37. The molecule has 1 aliphatic carbocycles. The Hall–Kier alpha value is -0.570. The number of rotatable bonds is 2. The van der Waals surface area contributed by atoms with E-state index in [9.17, 15) is 4.79 Å². The van der Waals surface area contributed by atoms with Gasteiger partial charge < -0.3 is 10.2 Å². The van der Waals surface area contributed by atoms with Gasteiger partial charge in [0.05, 0.1) is 0 Å². The Morgan fingerprint density at radius 1 is 1.05 bits per heavy atom. The Labute approximate surface area is 123 Å². The minimum Gasteiger partial charge on any atom is -0.339 e. The van der Waals surface area contributed by atoms with Crippen LogP contribution in [0.5, 0.6) is 0 Å². The minimum atomic E-state index is 0.287. The van der Waals surface area contributed by atoms with Crippen LogP contribution in [-0.4, -0.2) is 36.0 Å². The van der Waals surface area contributed by atoms with Crippen molar-refractivity contribution in [1.82, 2.24) is 10.2 Å². The fourth-order valence-corrected chi connectivity index (χ4v) is 4.67. The van der Waals surface area contributed by atoms with Gasteiger partial charge in [0, 0.05) is 24.5 Å². The first-order valence-electron chi connectivity index (χ1n) is 8.79. The van der Waals surface area contributed by atoms with Crippen molar-refractivity contribution in [2.45, 2.75) is 76.8 Å². The molecule has 20 heavy (non-hydrogen) atoms. The third-order valence-electron chi connectivity index (χ3n) is 5.75. The molecule has 2 aliphatic heterocycles. The molecule has 1 amide bonds. The molecule has 2 saturated heterocycles. The lowest BCUT2D eigenvalue weighted by atomic mass is 9.82. The van der Waals surface area contributed by atoms with Gasteiger partial charge in [0.15, 0.2) is 0 Å². The van der Waals surface area contributed by atoms with Crippen LogP contribution in [0.1, 0.15) is 64.7 Å². The van der Waals surface area contributed by atoms with Gasteiger partial charge in [-0.3, -0.25) is 4.79 Å². The molecule has 3 unspecified atom stereocenters. The Morgan fingerprint density at radius 3 is 2.60 bits per heavy atom. The van der Waals surface area contributed by atoms with Crippen molar-refractivity contribution in [3.8, 4) is 0 Å². The van der Waals surface area contributed by atoms with E-state index in [-0.39, 0.29) is 5.92 Å². The van der Waals surface area contributed by atoms with E-state index in [4.69, 9.17) is 0 Å².